The molecular formula is C15H28O2. The molecule has 0 rings (SSSR count). The summed E-state index contributed by atoms with van der Waals surface area (Å²) in [7, 11) is 0. The Morgan fingerprint density at radius 3 is 2.12 bits per heavy atom. The minimum atomic E-state index is -0.138. The monoisotopic (exact) mass is 240 g/mol. The zero-order valence-electron chi connectivity index (χ0n) is 11.8. The van der Waals surface area contributed by atoms with Crippen molar-refractivity contribution in [3.05, 3.63) is 11.6 Å². The number of esters is 1. The predicted octanol–water partition coefficient (Wildman–Crippen LogP) is 4.64. The number of rotatable bonds is 10. The molecule has 0 aliphatic heterocycles. The summed E-state index contributed by atoms with van der Waals surface area (Å²) < 4.78 is 5.00. The van der Waals surface area contributed by atoms with E-state index in [9.17, 15) is 4.79 Å². The molecule has 0 saturated carbocycles. The Labute approximate surface area is 106 Å². The summed E-state index contributed by atoms with van der Waals surface area (Å²) >= 11 is 0. The maximum Gasteiger partial charge on any atom is 0.333 e. The van der Waals surface area contributed by atoms with Crippen LogP contribution in [-0.2, 0) is 9.53 Å². The molecule has 0 aliphatic carbocycles. The molecule has 0 amide bonds. The Hall–Kier alpha value is -0.790. The van der Waals surface area contributed by atoms with Gasteiger partial charge in [-0.05, 0) is 26.7 Å². The van der Waals surface area contributed by atoms with E-state index in [-0.39, 0.29) is 5.97 Å². The SMILES string of the molecule is C/C=C(\CCCCCCCCC)C(=O)OCC. The molecule has 0 bridgehead atoms. The Bertz CT molecular complexity index is 219. The third-order valence-corrected chi connectivity index (χ3v) is 2.94. The Balaban J connectivity index is 3.54. The summed E-state index contributed by atoms with van der Waals surface area (Å²) in [5, 5.41) is 0. The molecule has 0 aromatic carbocycles. The van der Waals surface area contributed by atoms with Crippen molar-refractivity contribution in [2.75, 3.05) is 6.61 Å². The molecule has 0 aliphatic rings. The third kappa shape index (κ3) is 8.96. The molecule has 0 N–H and O–H groups in total. The molecule has 0 aromatic rings. The van der Waals surface area contributed by atoms with Gasteiger partial charge in [0.1, 0.15) is 0 Å². The first-order valence-electron chi connectivity index (χ1n) is 7.08. The molecule has 0 atom stereocenters. The van der Waals surface area contributed by atoms with Crippen molar-refractivity contribution < 1.29 is 9.53 Å². The van der Waals surface area contributed by atoms with E-state index >= 15 is 0 Å². The number of unbranched alkanes of at least 4 members (excludes halogenated alkanes) is 6. The molecule has 17 heavy (non-hydrogen) atoms. The van der Waals surface area contributed by atoms with E-state index in [0.29, 0.717) is 6.61 Å². The lowest BCUT2D eigenvalue weighted by molar-refractivity contribution is -0.138. The predicted molar refractivity (Wildman–Crippen MR) is 73.0 cm³/mol. The van der Waals surface area contributed by atoms with Gasteiger partial charge in [0, 0.05) is 5.57 Å². The fraction of sp³-hybridized carbons (Fsp3) is 0.800. The van der Waals surface area contributed by atoms with Crippen molar-refractivity contribution in [3.63, 3.8) is 0 Å². The average molecular weight is 240 g/mol. The zero-order valence-corrected chi connectivity index (χ0v) is 11.8. The first-order valence-corrected chi connectivity index (χ1v) is 7.08. The maximum absolute atomic E-state index is 11.5. The van der Waals surface area contributed by atoms with Crippen LogP contribution in [0.1, 0.15) is 72.1 Å². The first-order chi connectivity index (χ1) is 8.26. The van der Waals surface area contributed by atoms with Gasteiger partial charge < -0.3 is 4.74 Å². The molecule has 2 nitrogen and oxygen atoms in total. The molecule has 0 fully saturated rings. The first kappa shape index (κ1) is 16.2. The second-order valence-electron chi connectivity index (χ2n) is 4.41. The van der Waals surface area contributed by atoms with Gasteiger partial charge in [-0.25, -0.2) is 4.79 Å². The van der Waals surface area contributed by atoms with Crippen molar-refractivity contribution in [3.8, 4) is 0 Å². The summed E-state index contributed by atoms with van der Waals surface area (Å²) in [6.45, 7) is 6.46. The Kier molecular flexibility index (Phi) is 11.1. The van der Waals surface area contributed by atoms with Crippen LogP contribution in [0.4, 0.5) is 0 Å². The van der Waals surface area contributed by atoms with Crippen molar-refractivity contribution in [1.82, 2.24) is 0 Å². The van der Waals surface area contributed by atoms with Gasteiger partial charge in [0.25, 0.3) is 0 Å². The largest absolute Gasteiger partial charge is 0.463 e. The van der Waals surface area contributed by atoms with Crippen molar-refractivity contribution in [2.45, 2.75) is 72.1 Å². The standard InChI is InChI=1S/C15H28O2/c1-4-7-8-9-10-11-12-13-14(5-2)15(16)17-6-3/h5H,4,6-13H2,1-3H3/b14-5+. The fourth-order valence-corrected chi connectivity index (χ4v) is 1.86. The minimum absolute atomic E-state index is 0.138. The number of ether oxygens (including phenoxy) is 1. The molecule has 2 heteroatoms. The van der Waals surface area contributed by atoms with E-state index in [1.165, 1.54) is 38.5 Å². The summed E-state index contributed by atoms with van der Waals surface area (Å²) in [6, 6.07) is 0. The van der Waals surface area contributed by atoms with Gasteiger partial charge in [0.05, 0.1) is 6.61 Å². The van der Waals surface area contributed by atoms with Crippen LogP contribution >= 0.6 is 0 Å². The van der Waals surface area contributed by atoms with Crippen LogP contribution in [0, 0.1) is 0 Å². The summed E-state index contributed by atoms with van der Waals surface area (Å²) in [6.07, 6.45) is 11.7. The van der Waals surface area contributed by atoms with Crippen LogP contribution in [0.5, 0.6) is 0 Å². The van der Waals surface area contributed by atoms with Crippen molar-refractivity contribution >= 4 is 5.97 Å². The van der Waals surface area contributed by atoms with Crippen LogP contribution in [0.25, 0.3) is 0 Å². The second kappa shape index (κ2) is 11.7. The number of carbonyl (C=O) groups excluding carboxylic acids is 1. The zero-order chi connectivity index (χ0) is 12.9. The Morgan fingerprint density at radius 2 is 1.59 bits per heavy atom. The lowest BCUT2D eigenvalue weighted by atomic mass is 10.0. The van der Waals surface area contributed by atoms with Crippen LogP contribution < -0.4 is 0 Å². The van der Waals surface area contributed by atoms with Gasteiger partial charge in [-0.3, -0.25) is 0 Å². The van der Waals surface area contributed by atoms with Crippen LogP contribution in [0.15, 0.2) is 11.6 Å². The molecule has 0 aromatic heterocycles. The van der Waals surface area contributed by atoms with Crippen LogP contribution in [0.2, 0.25) is 0 Å². The molecular weight excluding hydrogens is 212 g/mol. The quantitative estimate of drug-likeness (QED) is 0.316. The molecule has 100 valence electrons. The van der Waals surface area contributed by atoms with Gasteiger partial charge in [-0.15, -0.1) is 0 Å². The van der Waals surface area contributed by atoms with E-state index in [0.717, 1.165) is 18.4 Å². The highest BCUT2D eigenvalue weighted by molar-refractivity contribution is 5.88. The molecule has 0 saturated heterocycles. The highest BCUT2D eigenvalue weighted by Crippen LogP contribution is 2.13. The second-order valence-corrected chi connectivity index (χ2v) is 4.41. The number of hydrogen-bond donors (Lipinski definition) is 0. The fourth-order valence-electron chi connectivity index (χ4n) is 1.86. The van der Waals surface area contributed by atoms with E-state index in [1.807, 2.05) is 19.9 Å². The van der Waals surface area contributed by atoms with E-state index < -0.39 is 0 Å². The lowest BCUT2D eigenvalue weighted by Gasteiger charge is -2.06. The average Bonchev–Trinajstić information content (AvgIpc) is 2.33. The van der Waals surface area contributed by atoms with E-state index in [1.54, 1.807) is 0 Å². The van der Waals surface area contributed by atoms with Gasteiger partial charge in [0.2, 0.25) is 0 Å². The third-order valence-electron chi connectivity index (χ3n) is 2.94. The summed E-state index contributed by atoms with van der Waals surface area (Å²) in [5.74, 6) is -0.138. The van der Waals surface area contributed by atoms with E-state index in [4.69, 9.17) is 4.74 Å². The number of hydrogen-bond acceptors (Lipinski definition) is 2. The maximum atomic E-state index is 11.5. The van der Waals surface area contributed by atoms with E-state index in [2.05, 4.69) is 6.92 Å². The highest BCUT2D eigenvalue weighted by atomic mass is 16.5. The highest BCUT2D eigenvalue weighted by Gasteiger charge is 2.08. The van der Waals surface area contributed by atoms with Gasteiger partial charge in [0.15, 0.2) is 0 Å². The summed E-state index contributed by atoms with van der Waals surface area (Å²) in [5.41, 5.74) is 0.834. The number of allylic oxidation sites excluding steroid dienone is 1. The normalized spacial score (nSPS) is 11.6. The van der Waals surface area contributed by atoms with Crippen molar-refractivity contribution in [1.29, 1.82) is 0 Å². The van der Waals surface area contributed by atoms with Crippen molar-refractivity contribution in [2.24, 2.45) is 0 Å². The summed E-state index contributed by atoms with van der Waals surface area (Å²) in [4.78, 5) is 11.5. The smallest absolute Gasteiger partial charge is 0.333 e. The van der Waals surface area contributed by atoms with Crippen LogP contribution in [-0.4, -0.2) is 12.6 Å². The molecule has 0 unspecified atom stereocenters. The van der Waals surface area contributed by atoms with Crippen LogP contribution in [0.3, 0.4) is 0 Å². The lowest BCUT2D eigenvalue weighted by Crippen LogP contribution is -2.07. The van der Waals surface area contributed by atoms with Gasteiger partial charge in [-0.1, -0.05) is 51.5 Å². The number of carbonyl (C=O) groups is 1. The van der Waals surface area contributed by atoms with Gasteiger partial charge >= 0.3 is 5.97 Å². The molecule has 0 radical (unpaired) electrons. The molecule has 0 spiro atoms. The Morgan fingerprint density at radius 1 is 1.00 bits per heavy atom. The van der Waals surface area contributed by atoms with Gasteiger partial charge in [-0.2, -0.15) is 0 Å². The minimum Gasteiger partial charge on any atom is -0.463 e. The molecule has 0 heterocycles. The topological polar surface area (TPSA) is 26.3 Å².